The Kier molecular flexibility index (Phi) is 11.9. The fourth-order valence-corrected chi connectivity index (χ4v) is 3.67. The van der Waals surface area contributed by atoms with Gasteiger partial charge in [-0.25, -0.2) is 0 Å². The zero-order valence-electron chi connectivity index (χ0n) is 17.1. The number of amides is 1. The predicted molar refractivity (Wildman–Crippen MR) is 125 cm³/mol. The van der Waals surface area contributed by atoms with Crippen LogP contribution in [0.25, 0.3) is 0 Å². The molecule has 1 fully saturated rings. The van der Waals surface area contributed by atoms with Crippen LogP contribution in [0.5, 0.6) is 5.75 Å². The van der Waals surface area contributed by atoms with Gasteiger partial charge in [-0.1, -0.05) is 38.3 Å². The Morgan fingerprint density at radius 3 is 2.57 bits per heavy atom. The number of aliphatic imine (C=N–C) groups is 1. The second-order valence-electron chi connectivity index (χ2n) is 7.50. The zero-order chi connectivity index (χ0) is 19.5. The lowest BCUT2D eigenvalue weighted by molar-refractivity contribution is -0.119. The molecule has 7 heteroatoms. The first-order chi connectivity index (χ1) is 13.1. The molecule has 1 aliphatic carbocycles. The standard InChI is InChI=1S/C21H34N4O2.HI/c1-16-4-3-5-18(14-16)11-13-25-21(23-2)24-12-10-17-6-8-19(9-7-17)27-15-20(22)26;/h6-9,16,18H,3-5,10-15H2,1-2H3,(H2,22,26)(H2,23,24,25);1H. The van der Waals surface area contributed by atoms with E-state index in [1.165, 1.54) is 37.7 Å². The van der Waals surface area contributed by atoms with E-state index in [1.807, 2.05) is 31.3 Å². The Labute approximate surface area is 186 Å². The maximum absolute atomic E-state index is 10.7. The van der Waals surface area contributed by atoms with Gasteiger partial charge in [0.05, 0.1) is 0 Å². The van der Waals surface area contributed by atoms with Crippen molar-refractivity contribution in [1.82, 2.24) is 10.6 Å². The van der Waals surface area contributed by atoms with Gasteiger partial charge in [-0.3, -0.25) is 9.79 Å². The lowest BCUT2D eigenvalue weighted by Gasteiger charge is -2.26. The molecule has 1 aliphatic rings. The molecular formula is C21H35IN4O2. The average molecular weight is 502 g/mol. The molecule has 2 atom stereocenters. The van der Waals surface area contributed by atoms with Crippen LogP contribution in [-0.2, 0) is 11.2 Å². The summed E-state index contributed by atoms with van der Waals surface area (Å²) >= 11 is 0. The predicted octanol–water partition coefficient (Wildman–Crippen LogP) is 3.09. The number of nitrogens with zero attached hydrogens (tertiary/aromatic N) is 1. The maximum Gasteiger partial charge on any atom is 0.255 e. The minimum atomic E-state index is -0.472. The van der Waals surface area contributed by atoms with Crippen molar-refractivity contribution in [1.29, 1.82) is 0 Å². The number of carbonyl (C=O) groups excluding carboxylic acids is 1. The molecule has 158 valence electrons. The number of carbonyl (C=O) groups is 1. The number of ether oxygens (including phenoxy) is 1. The number of benzene rings is 1. The summed E-state index contributed by atoms with van der Waals surface area (Å²) in [6.45, 7) is 4.06. The number of rotatable bonds is 9. The quantitative estimate of drug-likeness (QED) is 0.275. The highest BCUT2D eigenvalue weighted by Crippen LogP contribution is 2.30. The van der Waals surface area contributed by atoms with Crippen molar-refractivity contribution in [2.45, 2.75) is 45.4 Å². The van der Waals surface area contributed by atoms with E-state index in [-0.39, 0.29) is 30.6 Å². The fraction of sp³-hybridized carbons (Fsp3) is 0.619. The van der Waals surface area contributed by atoms with Crippen LogP contribution in [0.1, 0.15) is 44.6 Å². The molecule has 2 unspecified atom stereocenters. The largest absolute Gasteiger partial charge is 0.484 e. The molecule has 1 aromatic rings. The molecule has 0 heterocycles. The van der Waals surface area contributed by atoms with Crippen LogP contribution in [0.2, 0.25) is 0 Å². The van der Waals surface area contributed by atoms with E-state index in [2.05, 4.69) is 22.5 Å². The third kappa shape index (κ3) is 9.61. The van der Waals surface area contributed by atoms with E-state index in [0.717, 1.165) is 37.3 Å². The number of halogens is 1. The monoisotopic (exact) mass is 502 g/mol. The third-order valence-electron chi connectivity index (χ3n) is 5.12. The highest BCUT2D eigenvalue weighted by molar-refractivity contribution is 14.0. The summed E-state index contributed by atoms with van der Waals surface area (Å²) in [5, 5.41) is 6.79. The van der Waals surface area contributed by atoms with Crippen molar-refractivity contribution in [3.05, 3.63) is 29.8 Å². The lowest BCUT2D eigenvalue weighted by Crippen LogP contribution is -2.39. The number of nitrogens with one attached hydrogen (secondary N) is 2. The molecule has 0 spiro atoms. The summed E-state index contributed by atoms with van der Waals surface area (Å²) in [6, 6.07) is 7.71. The van der Waals surface area contributed by atoms with Gasteiger partial charge in [0.25, 0.3) is 5.91 Å². The Morgan fingerprint density at radius 2 is 1.93 bits per heavy atom. The Hall–Kier alpha value is -1.51. The summed E-state index contributed by atoms with van der Waals surface area (Å²) in [4.78, 5) is 15.0. The zero-order valence-corrected chi connectivity index (χ0v) is 19.4. The van der Waals surface area contributed by atoms with E-state index in [9.17, 15) is 4.79 Å². The van der Waals surface area contributed by atoms with E-state index in [1.54, 1.807) is 0 Å². The van der Waals surface area contributed by atoms with E-state index in [0.29, 0.717) is 5.75 Å². The van der Waals surface area contributed by atoms with Crippen LogP contribution in [0.15, 0.2) is 29.3 Å². The fourth-order valence-electron chi connectivity index (χ4n) is 3.67. The lowest BCUT2D eigenvalue weighted by atomic mass is 9.81. The highest BCUT2D eigenvalue weighted by atomic mass is 127. The molecule has 0 bridgehead atoms. The normalized spacial score (nSPS) is 19.4. The van der Waals surface area contributed by atoms with Crippen molar-refractivity contribution < 1.29 is 9.53 Å². The smallest absolute Gasteiger partial charge is 0.255 e. The molecule has 1 amide bonds. The van der Waals surface area contributed by atoms with Crippen LogP contribution in [0.4, 0.5) is 0 Å². The molecule has 0 aromatic heterocycles. The van der Waals surface area contributed by atoms with Gasteiger partial charge in [0.15, 0.2) is 12.6 Å². The van der Waals surface area contributed by atoms with Gasteiger partial charge in [0, 0.05) is 20.1 Å². The molecule has 28 heavy (non-hydrogen) atoms. The van der Waals surface area contributed by atoms with Gasteiger partial charge in [0.2, 0.25) is 0 Å². The second kappa shape index (κ2) is 13.6. The first kappa shape index (κ1) is 24.5. The summed E-state index contributed by atoms with van der Waals surface area (Å²) < 4.78 is 5.26. The number of hydrogen-bond donors (Lipinski definition) is 3. The third-order valence-corrected chi connectivity index (χ3v) is 5.12. The molecule has 4 N–H and O–H groups in total. The van der Waals surface area contributed by atoms with Gasteiger partial charge < -0.3 is 21.1 Å². The van der Waals surface area contributed by atoms with Gasteiger partial charge in [0.1, 0.15) is 5.75 Å². The summed E-state index contributed by atoms with van der Waals surface area (Å²) in [5.41, 5.74) is 6.27. The average Bonchev–Trinajstić information content (AvgIpc) is 2.66. The van der Waals surface area contributed by atoms with E-state index >= 15 is 0 Å². The minimum Gasteiger partial charge on any atom is -0.484 e. The molecular weight excluding hydrogens is 467 g/mol. The van der Waals surface area contributed by atoms with E-state index < -0.39 is 5.91 Å². The summed E-state index contributed by atoms with van der Waals surface area (Å²) in [7, 11) is 1.81. The van der Waals surface area contributed by atoms with Crippen molar-refractivity contribution in [3.63, 3.8) is 0 Å². The molecule has 0 radical (unpaired) electrons. The minimum absolute atomic E-state index is 0. The highest BCUT2D eigenvalue weighted by Gasteiger charge is 2.18. The topological polar surface area (TPSA) is 88.7 Å². The molecule has 2 rings (SSSR count). The van der Waals surface area contributed by atoms with Crippen LogP contribution in [-0.4, -0.2) is 38.6 Å². The number of nitrogens with two attached hydrogens (primary N) is 1. The van der Waals surface area contributed by atoms with Gasteiger partial charge >= 0.3 is 0 Å². The summed E-state index contributed by atoms with van der Waals surface area (Å²) in [6.07, 6.45) is 7.62. The van der Waals surface area contributed by atoms with Crippen molar-refractivity contribution in [2.75, 3.05) is 26.7 Å². The number of primary amides is 1. The van der Waals surface area contributed by atoms with Crippen LogP contribution in [0.3, 0.4) is 0 Å². The Bertz CT molecular complexity index is 607. The second-order valence-corrected chi connectivity index (χ2v) is 7.50. The Morgan fingerprint density at radius 1 is 1.21 bits per heavy atom. The van der Waals surface area contributed by atoms with Crippen molar-refractivity contribution in [2.24, 2.45) is 22.6 Å². The van der Waals surface area contributed by atoms with Crippen molar-refractivity contribution >= 4 is 35.8 Å². The SMILES string of the molecule is CN=C(NCCc1ccc(OCC(N)=O)cc1)NCCC1CCCC(C)C1.I. The number of guanidine groups is 1. The van der Waals surface area contributed by atoms with Crippen LogP contribution < -0.4 is 21.1 Å². The van der Waals surface area contributed by atoms with Gasteiger partial charge in [-0.15, -0.1) is 24.0 Å². The first-order valence-electron chi connectivity index (χ1n) is 10.0. The van der Waals surface area contributed by atoms with Crippen molar-refractivity contribution in [3.8, 4) is 5.75 Å². The maximum atomic E-state index is 10.7. The molecule has 0 aliphatic heterocycles. The molecule has 1 saturated carbocycles. The van der Waals surface area contributed by atoms with Crippen LogP contribution >= 0.6 is 24.0 Å². The van der Waals surface area contributed by atoms with Crippen LogP contribution in [0, 0.1) is 11.8 Å². The van der Waals surface area contributed by atoms with Gasteiger partial charge in [-0.2, -0.15) is 0 Å². The molecule has 6 nitrogen and oxygen atoms in total. The van der Waals surface area contributed by atoms with E-state index in [4.69, 9.17) is 10.5 Å². The van der Waals surface area contributed by atoms with Gasteiger partial charge in [-0.05, 0) is 48.8 Å². The molecule has 0 saturated heterocycles. The Balaban J connectivity index is 0.00000392. The summed E-state index contributed by atoms with van der Waals surface area (Å²) in [5.74, 6) is 2.78. The first-order valence-corrected chi connectivity index (χ1v) is 10.0. The molecule has 1 aromatic carbocycles. The number of hydrogen-bond acceptors (Lipinski definition) is 3.